The Balaban J connectivity index is 1.67. The van der Waals surface area contributed by atoms with Gasteiger partial charge in [-0.1, -0.05) is 6.07 Å². The Morgan fingerprint density at radius 1 is 1.11 bits per heavy atom. The first-order chi connectivity index (χ1) is 13.2. The average molecular weight is 361 g/mol. The van der Waals surface area contributed by atoms with Crippen LogP contribution in [0.25, 0.3) is 28.3 Å². The molecule has 0 aliphatic heterocycles. The lowest BCUT2D eigenvalue weighted by Gasteiger charge is -2.04. The highest BCUT2D eigenvalue weighted by Crippen LogP contribution is 2.19. The normalized spacial score (nSPS) is 11.4. The summed E-state index contributed by atoms with van der Waals surface area (Å²) in [6.07, 6.45) is 7.81. The van der Waals surface area contributed by atoms with Crippen molar-refractivity contribution in [2.75, 3.05) is 0 Å². The molecule has 0 aliphatic carbocycles. The van der Waals surface area contributed by atoms with Crippen LogP contribution >= 0.6 is 0 Å². The third-order valence-electron chi connectivity index (χ3n) is 4.27. The van der Waals surface area contributed by atoms with Gasteiger partial charge in [0.25, 0.3) is 0 Å². The smallest absolute Gasteiger partial charge is 0.303 e. The quantitative estimate of drug-likeness (QED) is 0.531. The van der Waals surface area contributed by atoms with Gasteiger partial charge < -0.3 is 4.98 Å². The van der Waals surface area contributed by atoms with Gasteiger partial charge in [0, 0.05) is 18.6 Å². The molecule has 27 heavy (non-hydrogen) atoms. The Bertz CT molecular complexity index is 1340. The lowest BCUT2D eigenvalue weighted by molar-refractivity contribution is 0.619. The van der Waals surface area contributed by atoms with Gasteiger partial charge in [-0.15, -0.1) is 0 Å². The molecule has 8 nitrogen and oxygen atoms in total. The number of aromatic amines is 1. The molecule has 0 saturated carbocycles. The molecule has 0 fully saturated rings. The zero-order chi connectivity index (χ0) is 18.4. The number of aromatic nitrogens is 7. The topological polar surface area (TPSA) is 93.8 Å². The molecule has 132 valence electrons. The molecule has 0 atom stereocenters. The van der Waals surface area contributed by atoms with Crippen molar-refractivity contribution >= 4 is 16.8 Å². The number of pyridine rings is 2. The van der Waals surface area contributed by atoms with Crippen molar-refractivity contribution in [3.8, 4) is 11.5 Å². The first kappa shape index (κ1) is 15.4. The summed E-state index contributed by atoms with van der Waals surface area (Å²) in [6, 6.07) is 6.61. The van der Waals surface area contributed by atoms with Gasteiger partial charge in [-0.2, -0.15) is 0 Å². The highest BCUT2D eigenvalue weighted by Gasteiger charge is 2.14. The minimum absolute atomic E-state index is 0.288. The van der Waals surface area contributed by atoms with Crippen LogP contribution in [0.3, 0.4) is 0 Å². The standard InChI is InChI=1S/C18H12FN7O/c19-12-3-4-15-21-8-14(25(15)10-12)16-22-7-13-17(24-16)26(18(27)23-13)9-11-2-1-5-20-6-11/h1-8,10H,9H2,(H,23,27). The first-order valence-electron chi connectivity index (χ1n) is 8.16. The second kappa shape index (κ2) is 5.84. The van der Waals surface area contributed by atoms with E-state index in [2.05, 4.69) is 24.9 Å². The summed E-state index contributed by atoms with van der Waals surface area (Å²) in [6.45, 7) is 0.324. The van der Waals surface area contributed by atoms with Crippen molar-refractivity contribution < 1.29 is 4.39 Å². The van der Waals surface area contributed by atoms with Gasteiger partial charge in [0.05, 0.1) is 18.9 Å². The van der Waals surface area contributed by atoms with Gasteiger partial charge in [0.2, 0.25) is 0 Å². The molecule has 0 amide bonds. The third-order valence-corrected chi connectivity index (χ3v) is 4.27. The van der Waals surface area contributed by atoms with E-state index in [1.807, 2.05) is 12.1 Å². The van der Waals surface area contributed by atoms with Gasteiger partial charge >= 0.3 is 5.69 Å². The number of nitrogens with zero attached hydrogens (tertiary/aromatic N) is 6. The fourth-order valence-electron chi connectivity index (χ4n) is 3.01. The largest absolute Gasteiger partial charge is 0.328 e. The third kappa shape index (κ3) is 2.56. The van der Waals surface area contributed by atoms with Crippen molar-refractivity contribution in [1.29, 1.82) is 0 Å². The molecule has 5 aromatic heterocycles. The Labute approximate surface area is 151 Å². The minimum atomic E-state index is -0.391. The predicted octanol–water partition coefficient (Wildman–Crippen LogP) is 2.02. The maximum absolute atomic E-state index is 13.6. The lowest BCUT2D eigenvalue weighted by atomic mass is 10.3. The summed E-state index contributed by atoms with van der Waals surface area (Å²) < 4.78 is 16.7. The van der Waals surface area contributed by atoms with Crippen LogP contribution in [-0.4, -0.2) is 33.9 Å². The van der Waals surface area contributed by atoms with Gasteiger partial charge in [-0.05, 0) is 23.8 Å². The molecule has 1 N–H and O–H groups in total. The molecule has 5 aromatic rings. The average Bonchev–Trinajstić information content (AvgIpc) is 3.23. The maximum Gasteiger partial charge on any atom is 0.328 e. The van der Waals surface area contributed by atoms with Crippen molar-refractivity contribution in [3.05, 3.63) is 77.1 Å². The van der Waals surface area contributed by atoms with E-state index in [-0.39, 0.29) is 5.69 Å². The zero-order valence-electron chi connectivity index (χ0n) is 13.9. The van der Waals surface area contributed by atoms with Crippen molar-refractivity contribution in [1.82, 2.24) is 33.9 Å². The summed E-state index contributed by atoms with van der Waals surface area (Å²) in [5.74, 6) is -0.0440. The van der Waals surface area contributed by atoms with E-state index < -0.39 is 5.82 Å². The molecular formula is C18H12FN7O. The number of H-pyrrole nitrogens is 1. The molecule has 5 heterocycles. The molecule has 0 aromatic carbocycles. The summed E-state index contributed by atoms with van der Waals surface area (Å²) in [4.78, 5) is 32.2. The van der Waals surface area contributed by atoms with E-state index >= 15 is 0 Å². The molecule has 0 aliphatic rings. The number of rotatable bonds is 3. The molecule has 0 bridgehead atoms. The molecule has 9 heteroatoms. The second-order valence-corrected chi connectivity index (χ2v) is 6.03. The lowest BCUT2D eigenvalue weighted by Crippen LogP contribution is -2.17. The van der Waals surface area contributed by atoms with Gasteiger partial charge in [-0.25, -0.2) is 24.1 Å². The van der Waals surface area contributed by atoms with Crippen LogP contribution in [0, 0.1) is 5.82 Å². The molecule has 0 saturated heterocycles. The van der Waals surface area contributed by atoms with Crippen LogP contribution in [0.5, 0.6) is 0 Å². The van der Waals surface area contributed by atoms with Crippen LogP contribution in [-0.2, 0) is 6.54 Å². The first-order valence-corrected chi connectivity index (χ1v) is 8.16. The van der Waals surface area contributed by atoms with Gasteiger partial charge in [-0.3, -0.25) is 14.0 Å². The van der Waals surface area contributed by atoms with Gasteiger partial charge in [0.1, 0.15) is 22.7 Å². The Morgan fingerprint density at radius 3 is 2.89 bits per heavy atom. The fourth-order valence-corrected chi connectivity index (χ4v) is 3.01. The Hall–Kier alpha value is -3.88. The zero-order valence-corrected chi connectivity index (χ0v) is 13.9. The fraction of sp³-hybridized carbons (Fsp3) is 0.0556. The summed E-state index contributed by atoms with van der Waals surface area (Å²) in [7, 11) is 0. The van der Waals surface area contributed by atoms with E-state index in [0.29, 0.717) is 34.9 Å². The van der Waals surface area contributed by atoms with E-state index in [0.717, 1.165) is 5.56 Å². The van der Waals surface area contributed by atoms with E-state index in [1.165, 1.54) is 23.0 Å². The molecule has 0 radical (unpaired) electrons. The summed E-state index contributed by atoms with van der Waals surface area (Å²) >= 11 is 0. The van der Waals surface area contributed by atoms with Crippen LogP contribution in [0.2, 0.25) is 0 Å². The van der Waals surface area contributed by atoms with E-state index in [4.69, 9.17) is 0 Å². The van der Waals surface area contributed by atoms with Crippen LogP contribution in [0.4, 0.5) is 4.39 Å². The molecule has 0 spiro atoms. The van der Waals surface area contributed by atoms with E-state index in [9.17, 15) is 9.18 Å². The van der Waals surface area contributed by atoms with E-state index in [1.54, 1.807) is 29.1 Å². The van der Waals surface area contributed by atoms with Crippen LogP contribution < -0.4 is 5.69 Å². The minimum Gasteiger partial charge on any atom is -0.303 e. The van der Waals surface area contributed by atoms with Gasteiger partial charge in [0.15, 0.2) is 11.5 Å². The SMILES string of the molecule is O=c1[nH]c2cnc(-c3cnc4ccc(F)cn34)nc2n1Cc1cccnc1. The van der Waals surface area contributed by atoms with Crippen molar-refractivity contribution in [2.45, 2.75) is 6.54 Å². The summed E-state index contributed by atoms with van der Waals surface area (Å²) in [5, 5.41) is 0. The number of fused-ring (bicyclic) bond motifs is 2. The monoisotopic (exact) mass is 361 g/mol. The second-order valence-electron chi connectivity index (χ2n) is 6.03. The Kier molecular flexibility index (Phi) is 3.32. The summed E-state index contributed by atoms with van der Waals surface area (Å²) in [5.41, 5.74) is 2.68. The molecule has 5 rings (SSSR count). The number of imidazole rings is 2. The maximum atomic E-state index is 13.6. The molecule has 0 unspecified atom stereocenters. The van der Waals surface area contributed by atoms with Crippen LogP contribution in [0.1, 0.15) is 5.56 Å². The number of hydrogen-bond acceptors (Lipinski definition) is 5. The van der Waals surface area contributed by atoms with Crippen molar-refractivity contribution in [2.24, 2.45) is 0 Å². The molecular weight excluding hydrogens is 349 g/mol. The van der Waals surface area contributed by atoms with Crippen LogP contribution in [0.15, 0.2) is 60.0 Å². The highest BCUT2D eigenvalue weighted by molar-refractivity contribution is 5.72. The highest BCUT2D eigenvalue weighted by atomic mass is 19.1. The number of hydrogen-bond donors (Lipinski definition) is 1. The predicted molar refractivity (Wildman–Crippen MR) is 95.6 cm³/mol. The number of nitrogens with one attached hydrogen (secondary N) is 1. The Morgan fingerprint density at radius 2 is 2.04 bits per heavy atom. The van der Waals surface area contributed by atoms with Crippen molar-refractivity contribution in [3.63, 3.8) is 0 Å². The number of halogens is 1.